The third-order valence-corrected chi connectivity index (χ3v) is 5.86. The van der Waals surface area contributed by atoms with Gasteiger partial charge in [-0.25, -0.2) is 22.8 Å². The summed E-state index contributed by atoms with van der Waals surface area (Å²) in [7, 11) is -3.82. The molecule has 1 aromatic carbocycles. The predicted molar refractivity (Wildman–Crippen MR) is 92.0 cm³/mol. The molecular formula is C17H20FN3O4S. The lowest BCUT2D eigenvalue weighted by atomic mass is 10.1. The SMILES string of the molecule is CCOc1ccc(S(=O)(=O)N2CCC[C@H](Oc3ncccn3)C2)cc1F. The van der Waals surface area contributed by atoms with Gasteiger partial charge in [0.25, 0.3) is 0 Å². The van der Waals surface area contributed by atoms with E-state index in [1.165, 1.54) is 16.4 Å². The van der Waals surface area contributed by atoms with E-state index in [2.05, 4.69) is 9.97 Å². The topological polar surface area (TPSA) is 81.6 Å². The van der Waals surface area contributed by atoms with Crippen molar-refractivity contribution in [1.82, 2.24) is 14.3 Å². The molecule has 0 amide bonds. The van der Waals surface area contributed by atoms with Crippen LogP contribution in [0.1, 0.15) is 19.8 Å². The Kier molecular flexibility index (Phi) is 5.67. The second-order valence-corrected chi connectivity index (χ2v) is 7.74. The van der Waals surface area contributed by atoms with Gasteiger partial charge in [-0.1, -0.05) is 0 Å². The molecular weight excluding hydrogens is 361 g/mol. The minimum absolute atomic E-state index is 0.0348. The standard InChI is InChI=1S/C17H20FN3O4S/c1-2-24-16-7-6-14(11-15(16)18)26(22,23)21-10-3-5-13(12-21)25-17-19-8-4-9-20-17/h4,6-9,11,13H,2-3,5,10,12H2,1H3/t13-/m0/s1. The fraction of sp³-hybridized carbons (Fsp3) is 0.412. The zero-order valence-electron chi connectivity index (χ0n) is 14.3. The summed E-state index contributed by atoms with van der Waals surface area (Å²) in [4.78, 5) is 7.88. The van der Waals surface area contributed by atoms with Gasteiger partial charge in [0.15, 0.2) is 11.6 Å². The first-order chi connectivity index (χ1) is 12.5. The quantitative estimate of drug-likeness (QED) is 0.763. The van der Waals surface area contributed by atoms with Crippen molar-refractivity contribution in [2.75, 3.05) is 19.7 Å². The van der Waals surface area contributed by atoms with Crippen molar-refractivity contribution in [1.29, 1.82) is 0 Å². The number of halogens is 1. The molecule has 0 aliphatic carbocycles. The van der Waals surface area contributed by atoms with Gasteiger partial charge in [0.05, 0.1) is 18.0 Å². The fourth-order valence-corrected chi connectivity index (χ4v) is 4.30. The van der Waals surface area contributed by atoms with Crippen LogP contribution < -0.4 is 9.47 Å². The number of aromatic nitrogens is 2. The van der Waals surface area contributed by atoms with Gasteiger partial charge in [-0.3, -0.25) is 0 Å². The molecule has 1 fully saturated rings. The van der Waals surface area contributed by atoms with Crippen LogP contribution in [0.15, 0.2) is 41.6 Å². The van der Waals surface area contributed by atoms with Crippen LogP contribution in [-0.2, 0) is 10.0 Å². The summed E-state index contributed by atoms with van der Waals surface area (Å²) in [5, 5.41) is 0. The molecule has 9 heteroatoms. The minimum atomic E-state index is -3.82. The summed E-state index contributed by atoms with van der Waals surface area (Å²) in [6.07, 6.45) is 4.09. The third-order valence-electron chi connectivity index (χ3n) is 4.00. The average Bonchev–Trinajstić information content (AvgIpc) is 2.64. The normalized spacial score (nSPS) is 18.5. The van der Waals surface area contributed by atoms with Crippen LogP contribution >= 0.6 is 0 Å². The van der Waals surface area contributed by atoms with Crippen molar-refractivity contribution < 1.29 is 22.3 Å². The van der Waals surface area contributed by atoms with Crippen LogP contribution in [0.4, 0.5) is 4.39 Å². The molecule has 2 heterocycles. The third kappa shape index (κ3) is 4.10. The second-order valence-electron chi connectivity index (χ2n) is 5.80. The molecule has 1 atom stereocenters. The van der Waals surface area contributed by atoms with E-state index in [1.54, 1.807) is 25.4 Å². The smallest absolute Gasteiger partial charge is 0.316 e. The van der Waals surface area contributed by atoms with Gasteiger partial charge < -0.3 is 9.47 Å². The largest absolute Gasteiger partial charge is 0.491 e. The highest BCUT2D eigenvalue weighted by molar-refractivity contribution is 7.89. The second kappa shape index (κ2) is 7.96. The first-order valence-electron chi connectivity index (χ1n) is 8.37. The van der Waals surface area contributed by atoms with Gasteiger partial charge in [0.2, 0.25) is 10.0 Å². The molecule has 2 aromatic rings. The van der Waals surface area contributed by atoms with Gasteiger partial charge in [-0.15, -0.1) is 0 Å². The van der Waals surface area contributed by atoms with Crippen LogP contribution in [0.2, 0.25) is 0 Å². The molecule has 140 valence electrons. The maximum absolute atomic E-state index is 14.0. The van der Waals surface area contributed by atoms with Gasteiger partial charge >= 0.3 is 6.01 Å². The molecule has 1 saturated heterocycles. The van der Waals surface area contributed by atoms with E-state index in [0.29, 0.717) is 26.0 Å². The molecule has 1 aromatic heterocycles. The lowest BCUT2D eigenvalue weighted by molar-refractivity contribution is 0.119. The molecule has 0 spiro atoms. The monoisotopic (exact) mass is 381 g/mol. The first-order valence-corrected chi connectivity index (χ1v) is 9.81. The summed E-state index contributed by atoms with van der Waals surface area (Å²) in [6.45, 7) is 2.55. The van der Waals surface area contributed by atoms with E-state index in [9.17, 15) is 12.8 Å². The molecule has 0 unspecified atom stereocenters. The summed E-state index contributed by atoms with van der Waals surface area (Å²) >= 11 is 0. The van der Waals surface area contributed by atoms with E-state index in [0.717, 1.165) is 6.07 Å². The van der Waals surface area contributed by atoms with E-state index >= 15 is 0 Å². The molecule has 0 radical (unpaired) electrons. The van der Waals surface area contributed by atoms with E-state index in [-0.39, 0.29) is 29.3 Å². The lowest BCUT2D eigenvalue weighted by Crippen LogP contribution is -2.44. The highest BCUT2D eigenvalue weighted by Gasteiger charge is 2.32. The number of piperidine rings is 1. The Balaban J connectivity index is 1.75. The van der Waals surface area contributed by atoms with Crippen molar-refractivity contribution in [3.63, 3.8) is 0 Å². The summed E-state index contributed by atoms with van der Waals surface area (Å²) in [5.41, 5.74) is 0. The number of hydrogen-bond acceptors (Lipinski definition) is 6. The number of benzene rings is 1. The molecule has 1 aliphatic heterocycles. The van der Waals surface area contributed by atoms with Crippen LogP contribution in [0.25, 0.3) is 0 Å². The maximum atomic E-state index is 14.0. The predicted octanol–water partition coefficient (Wildman–Crippen LogP) is 2.25. The van der Waals surface area contributed by atoms with Crippen molar-refractivity contribution in [2.24, 2.45) is 0 Å². The van der Waals surface area contributed by atoms with Crippen LogP contribution in [0, 0.1) is 5.82 Å². The fourth-order valence-electron chi connectivity index (χ4n) is 2.78. The van der Waals surface area contributed by atoms with E-state index < -0.39 is 15.8 Å². The first kappa shape index (κ1) is 18.5. The highest BCUT2D eigenvalue weighted by Crippen LogP contribution is 2.26. The summed E-state index contributed by atoms with van der Waals surface area (Å²) < 4.78 is 51.8. The van der Waals surface area contributed by atoms with Crippen LogP contribution in [0.5, 0.6) is 11.8 Å². The summed E-state index contributed by atoms with van der Waals surface area (Å²) in [6, 6.07) is 5.56. The maximum Gasteiger partial charge on any atom is 0.316 e. The molecule has 0 bridgehead atoms. The van der Waals surface area contributed by atoms with Gasteiger partial charge in [0.1, 0.15) is 6.10 Å². The van der Waals surface area contributed by atoms with E-state index in [1.807, 2.05) is 0 Å². The van der Waals surface area contributed by atoms with Gasteiger partial charge in [-0.2, -0.15) is 4.31 Å². The zero-order chi connectivity index (χ0) is 18.6. The molecule has 7 nitrogen and oxygen atoms in total. The highest BCUT2D eigenvalue weighted by atomic mass is 32.2. The van der Waals surface area contributed by atoms with Gasteiger partial charge in [-0.05, 0) is 44.0 Å². The van der Waals surface area contributed by atoms with Crippen molar-refractivity contribution >= 4 is 10.0 Å². The number of hydrogen-bond donors (Lipinski definition) is 0. The van der Waals surface area contributed by atoms with Crippen molar-refractivity contribution in [3.05, 3.63) is 42.5 Å². The van der Waals surface area contributed by atoms with Gasteiger partial charge in [0, 0.05) is 18.9 Å². The Hall–Kier alpha value is -2.26. The average molecular weight is 381 g/mol. The number of sulfonamides is 1. The Bertz CT molecular complexity index is 848. The Morgan fingerprint density at radius 3 is 2.77 bits per heavy atom. The Labute approximate surface area is 151 Å². The molecule has 0 saturated carbocycles. The summed E-state index contributed by atoms with van der Waals surface area (Å²) in [5.74, 6) is -0.664. The zero-order valence-corrected chi connectivity index (χ0v) is 15.2. The van der Waals surface area contributed by atoms with Crippen molar-refractivity contribution in [3.8, 4) is 11.8 Å². The number of ether oxygens (including phenoxy) is 2. The van der Waals surface area contributed by atoms with Crippen molar-refractivity contribution in [2.45, 2.75) is 30.8 Å². The molecule has 0 N–H and O–H groups in total. The molecule has 3 rings (SSSR count). The number of rotatable bonds is 6. The van der Waals surface area contributed by atoms with Crippen LogP contribution in [-0.4, -0.2) is 48.5 Å². The van der Waals surface area contributed by atoms with E-state index in [4.69, 9.17) is 9.47 Å². The number of nitrogens with zero attached hydrogens (tertiary/aromatic N) is 3. The molecule has 1 aliphatic rings. The minimum Gasteiger partial charge on any atom is -0.491 e. The molecule has 26 heavy (non-hydrogen) atoms. The lowest BCUT2D eigenvalue weighted by Gasteiger charge is -2.31. The van der Waals surface area contributed by atoms with Crippen LogP contribution in [0.3, 0.4) is 0 Å². The Morgan fingerprint density at radius 1 is 1.31 bits per heavy atom. The Morgan fingerprint density at radius 2 is 2.08 bits per heavy atom.